The first-order valence-electron chi connectivity index (χ1n) is 20.8. The maximum absolute atomic E-state index is 14.2. The summed E-state index contributed by atoms with van der Waals surface area (Å²) in [4.78, 5) is 56.4. The number of carbonyl (C=O) groups excluding carboxylic acids is 5. The minimum absolute atomic E-state index is 0.0316. The summed E-state index contributed by atoms with van der Waals surface area (Å²) in [5.74, 6) is -2.65. The number of methoxy groups -OCH3 is 2. The van der Waals surface area contributed by atoms with Crippen molar-refractivity contribution in [3.05, 3.63) is 131 Å². The molecule has 0 aliphatic heterocycles. The summed E-state index contributed by atoms with van der Waals surface area (Å²) in [6.07, 6.45) is 5.04. The summed E-state index contributed by atoms with van der Waals surface area (Å²) in [5.41, 5.74) is 1.27. The van der Waals surface area contributed by atoms with E-state index in [1.165, 1.54) is 74.0 Å². The average Bonchev–Trinajstić information content (AvgIpc) is 3.32. The Labute approximate surface area is 375 Å². The fourth-order valence-electron chi connectivity index (χ4n) is 6.05. The summed E-state index contributed by atoms with van der Waals surface area (Å²) < 4.78 is 81.6. The van der Waals surface area contributed by atoms with Gasteiger partial charge in [0, 0.05) is 24.5 Å². The van der Waals surface area contributed by atoms with Crippen LogP contribution in [0.5, 0.6) is 23.0 Å². The fraction of sp³-hybridized carbons (Fsp3) is 0.347. The van der Waals surface area contributed by atoms with Crippen molar-refractivity contribution in [3.63, 3.8) is 0 Å². The van der Waals surface area contributed by atoms with Gasteiger partial charge in [0.2, 0.25) is 0 Å². The van der Waals surface area contributed by atoms with Gasteiger partial charge in [0.05, 0.1) is 43.5 Å². The van der Waals surface area contributed by atoms with Crippen molar-refractivity contribution in [2.75, 3.05) is 27.4 Å². The van der Waals surface area contributed by atoms with Gasteiger partial charge in [0.1, 0.15) is 35.4 Å². The highest BCUT2D eigenvalue weighted by atomic mass is 19.4. The number of halogens is 4. The lowest BCUT2D eigenvalue weighted by atomic mass is 9.87. The Balaban J connectivity index is 0.000000285. The first-order valence-corrected chi connectivity index (χ1v) is 20.8. The lowest BCUT2D eigenvalue weighted by molar-refractivity contribution is -0.150. The molecule has 65 heavy (non-hydrogen) atoms. The van der Waals surface area contributed by atoms with E-state index in [0.717, 1.165) is 37.3 Å². The zero-order valence-electron chi connectivity index (χ0n) is 36.5. The van der Waals surface area contributed by atoms with Gasteiger partial charge in [-0.15, -0.1) is 0 Å². The van der Waals surface area contributed by atoms with Gasteiger partial charge < -0.3 is 33.8 Å². The summed E-state index contributed by atoms with van der Waals surface area (Å²) >= 11 is 0. The van der Waals surface area contributed by atoms with Gasteiger partial charge >= 0.3 is 24.1 Å². The topological polar surface area (TPSA) is 165 Å². The minimum Gasteiger partial charge on any atom is -0.496 e. The SMILES string of the molecule is C=C(C(=O)OCCCCOc1ccc(C(=O)Oc2ccc(C=O)cc2)cc1)C(F)(F)F.CCCCc1ccc(C=O)cc1.COc1ccc(OC(=O)C2CCC(OC)CC2)c(F)c1C=N. The first-order chi connectivity index (χ1) is 31.2. The molecule has 348 valence electrons. The molecule has 0 aromatic heterocycles. The van der Waals surface area contributed by atoms with Crippen LogP contribution in [0.4, 0.5) is 17.6 Å². The van der Waals surface area contributed by atoms with Crippen molar-refractivity contribution >= 4 is 36.7 Å². The quantitative estimate of drug-likeness (QED) is 0.0181. The molecule has 5 rings (SSSR count). The highest BCUT2D eigenvalue weighted by Crippen LogP contribution is 2.31. The number of aryl methyl sites for hydroxylation is 1. The summed E-state index contributed by atoms with van der Waals surface area (Å²) in [5, 5.41) is 7.25. The smallest absolute Gasteiger partial charge is 0.422 e. The van der Waals surface area contributed by atoms with Crippen LogP contribution < -0.4 is 18.9 Å². The molecule has 0 amide bonds. The second kappa shape index (κ2) is 27.5. The van der Waals surface area contributed by atoms with E-state index in [2.05, 4.69) is 18.2 Å². The van der Waals surface area contributed by atoms with E-state index in [1.54, 1.807) is 19.2 Å². The predicted octanol–water partition coefficient (Wildman–Crippen LogP) is 10.3. The van der Waals surface area contributed by atoms with E-state index >= 15 is 0 Å². The third-order valence-corrected chi connectivity index (χ3v) is 9.90. The molecule has 1 saturated carbocycles. The van der Waals surface area contributed by atoms with Crippen LogP contribution in [0.2, 0.25) is 0 Å². The van der Waals surface area contributed by atoms with E-state index in [4.69, 9.17) is 29.1 Å². The van der Waals surface area contributed by atoms with Crippen LogP contribution >= 0.6 is 0 Å². The Morgan fingerprint density at radius 2 is 1.32 bits per heavy atom. The van der Waals surface area contributed by atoms with Crippen molar-refractivity contribution < 1.29 is 70.0 Å². The molecule has 0 saturated heterocycles. The normalized spacial score (nSPS) is 14.1. The molecule has 12 nitrogen and oxygen atoms in total. The molecule has 0 atom stereocenters. The molecule has 4 aromatic carbocycles. The van der Waals surface area contributed by atoms with Gasteiger partial charge in [-0.3, -0.25) is 14.4 Å². The van der Waals surface area contributed by atoms with E-state index in [9.17, 15) is 41.5 Å². The van der Waals surface area contributed by atoms with Crippen molar-refractivity contribution in [1.82, 2.24) is 0 Å². The largest absolute Gasteiger partial charge is 0.496 e. The molecule has 0 spiro atoms. The monoisotopic (exact) mass is 907 g/mol. The van der Waals surface area contributed by atoms with Crippen LogP contribution in [0.25, 0.3) is 0 Å². The number of nitrogens with one attached hydrogen (secondary N) is 1. The van der Waals surface area contributed by atoms with Gasteiger partial charge in [-0.2, -0.15) is 13.2 Å². The van der Waals surface area contributed by atoms with Crippen molar-refractivity contribution in [3.8, 4) is 23.0 Å². The number of esters is 3. The highest BCUT2D eigenvalue weighted by Gasteiger charge is 2.38. The Hall–Kier alpha value is -6.68. The lowest BCUT2D eigenvalue weighted by Crippen LogP contribution is -2.28. The van der Waals surface area contributed by atoms with Crippen LogP contribution in [0, 0.1) is 17.1 Å². The van der Waals surface area contributed by atoms with Crippen LogP contribution in [0.15, 0.2) is 97.1 Å². The maximum atomic E-state index is 14.2. The Morgan fingerprint density at radius 1 is 0.754 bits per heavy atom. The van der Waals surface area contributed by atoms with Crippen LogP contribution in [-0.4, -0.2) is 76.4 Å². The summed E-state index contributed by atoms with van der Waals surface area (Å²) in [7, 11) is 3.05. The number of hydrogen-bond acceptors (Lipinski definition) is 12. The molecule has 4 aromatic rings. The Bertz CT molecular complexity index is 2170. The second-order valence-corrected chi connectivity index (χ2v) is 14.5. The molecular weight excluding hydrogens is 855 g/mol. The van der Waals surface area contributed by atoms with Crippen LogP contribution in [0.3, 0.4) is 0 Å². The maximum Gasteiger partial charge on any atom is 0.422 e. The second-order valence-electron chi connectivity index (χ2n) is 14.5. The average molecular weight is 908 g/mol. The molecule has 1 aliphatic rings. The number of carbonyl (C=O) groups is 5. The number of benzene rings is 4. The number of aldehydes is 2. The molecular formula is C49H53F4NO11. The third kappa shape index (κ3) is 17.8. The van der Waals surface area contributed by atoms with E-state index < -0.39 is 35.5 Å². The van der Waals surface area contributed by atoms with E-state index in [-0.39, 0.29) is 42.3 Å². The lowest BCUT2D eigenvalue weighted by Gasteiger charge is -2.26. The predicted molar refractivity (Wildman–Crippen MR) is 234 cm³/mol. The number of ether oxygens (including phenoxy) is 6. The molecule has 0 heterocycles. The summed E-state index contributed by atoms with van der Waals surface area (Å²) in [6, 6.07) is 22.9. The number of rotatable bonds is 19. The fourth-order valence-corrected chi connectivity index (χ4v) is 6.05. The van der Waals surface area contributed by atoms with Crippen LogP contribution in [0.1, 0.15) is 100 Å². The van der Waals surface area contributed by atoms with Gasteiger partial charge in [-0.25, -0.2) is 14.0 Å². The molecule has 16 heteroatoms. The van der Waals surface area contributed by atoms with Crippen molar-refractivity contribution in [2.24, 2.45) is 5.92 Å². The van der Waals surface area contributed by atoms with E-state index in [1.807, 2.05) is 24.3 Å². The van der Waals surface area contributed by atoms with Crippen molar-refractivity contribution in [1.29, 1.82) is 5.41 Å². The standard InChI is InChI=1S/C22H19F3O6.C16H20FNO4.C11H14O/c1-15(22(23,24)25)20(27)30-13-3-2-12-29-18-10-6-17(7-11-18)21(28)31-19-8-4-16(14-26)5-9-19;1-20-11-5-3-10(4-6-11)16(19)22-14-8-7-13(21-2)12(9-18)15(14)17;1-2-3-4-10-5-7-11(9-12)8-6-10/h4-11,14H,1-3,12-13H2;7-11,18H,3-6H2,1-2H3;5-9H,2-4H2,1H3. The van der Waals surface area contributed by atoms with Gasteiger partial charge in [-0.05, 0) is 118 Å². The third-order valence-electron chi connectivity index (χ3n) is 9.90. The molecule has 0 unspecified atom stereocenters. The van der Waals surface area contributed by atoms with Crippen LogP contribution in [-0.2, 0) is 25.5 Å². The van der Waals surface area contributed by atoms with Gasteiger partial charge in [0.15, 0.2) is 11.6 Å². The molecule has 0 radical (unpaired) electrons. The number of alkyl halides is 3. The number of unbranched alkanes of at least 4 members (excludes halogenated alkanes) is 2. The van der Waals surface area contributed by atoms with Crippen molar-refractivity contribution in [2.45, 2.75) is 77.0 Å². The number of hydrogen-bond donors (Lipinski definition) is 1. The van der Waals surface area contributed by atoms with Gasteiger partial charge in [0.25, 0.3) is 0 Å². The zero-order chi connectivity index (χ0) is 47.8. The zero-order valence-corrected chi connectivity index (χ0v) is 36.5. The first kappa shape index (κ1) is 52.7. The molecule has 1 N–H and O–H groups in total. The molecule has 1 fully saturated rings. The Morgan fingerprint density at radius 3 is 1.86 bits per heavy atom. The minimum atomic E-state index is -4.81. The van der Waals surface area contributed by atoms with E-state index in [0.29, 0.717) is 54.6 Å². The molecule has 0 bridgehead atoms. The highest BCUT2D eigenvalue weighted by molar-refractivity contribution is 5.91. The Kier molecular flexibility index (Phi) is 22.3. The van der Waals surface area contributed by atoms with Gasteiger partial charge in [-0.1, -0.05) is 44.2 Å². The summed E-state index contributed by atoms with van der Waals surface area (Å²) in [6.45, 7) is 4.90. The molecule has 1 aliphatic carbocycles.